The van der Waals surface area contributed by atoms with E-state index in [2.05, 4.69) is 20.2 Å². The number of halogens is 1. The van der Waals surface area contributed by atoms with E-state index in [4.69, 9.17) is 16.6 Å². The van der Waals surface area contributed by atoms with Gasteiger partial charge in [-0.2, -0.15) is 0 Å². The lowest BCUT2D eigenvalue weighted by Gasteiger charge is -2.34. The number of piperidine rings is 1. The summed E-state index contributed by atoms with van der Waals surface area (Å²) in [5.41, 5.74) is 3.23. The molecule has 1 saturated heterocycles. The molecule has 0 aliphatic carbocycles. The zero-order valence-electron chi connectivity index (χ0n) is 23.8. The van der Waals surface area contributed by atoms with Crippen molar-refractivity contribution in [1.82, 2.24) is 24.2 Å². The summed E-state index contributed by atoms with van der Waals surface area (Å²) in [7, 11) is -2.06. The van der Waals surface area contributed by atoms with Crippen LogP contribution >= 0.6 is 11.6 Å². The molecular weight excluding hydrogens is 578 g/mol. The summed E-state index contributed by atoms with van der Waals surface area (Å²) in [6.45, 7) is 5.40. The molecule has 11 nitrogen and oxygen atoms in total. The highest BCUT2D eigenvalue weighted by Crippen LogP contribution is 2.32. The molecule has 0 radical (unpaired) electrons. The normalized spacial score (nSPS) is 16.3. The van der Waals surface area contributed by atoms with Crippen LogP contribution in [0, 0.1) is 6.92 Å². The standard InChI is InChI=1S/C29H32ClN7O4S/c1-17-13-21(18(2)32-23-9-10-24(30)33-26(23)28(38)35-42(4,40)41)25-22(14-17)29(39)36(3)27(34-25)19-7-6-12-37(16-19)20-8-5-11-31-15-20/h5,8-11,13-15,18-19,32H,6-7,12,16H2,1-4H3,(H,35,38)/t18-,19-/m1/s1. The SMILES string of the molecule is Cc1cc([C@@H](C)Nc2ccc(Cl)nc2C(=O)NS(C)(=O)=O)c2nc([C@@H]3CCCN(c4cccnc4)C3)n(C)c(=O)c2c1. The predicted molar refractivity (Wildman–Crippen MR) is 164 cm³/mol. The smallest absolute Gasteiger partial charge is 0.285 e. The largest absolute Gasteiger partial charge is 0.377 e. The minimum Gasteiger partial charge on any atom is -0.377 e. The van der Waals surface area contributed by atoms with Gasteiger partial charge in [0.15, 0.2) is 5.69 Å². The van der Waals surface area contributed by atoms with E-state index in [0.29, 0.717) is 23.3 Å². The third kappa shape index (κ3) is 6.24. The summed E-state index contributed by atoms with van der Waals surface area (Å²) in [4.78, 5) is 42.1. The first-order valence-electron chi connectivity index (χ1n) is 13.5. The molecule has 0 spiro atoms. The number of amides is 1. The number of carbonyl (C=O) groups is 1. The fourth-order valence-electron chi connectivity index (χ4n) is 5.48. The molecule has 220 valence electrons. The maximum Gasteiger partial charge on any atom is 0.285 e. The maximum absolute atomic E-state index is 13.7. The lowest BCUT2D eigenvalue weighted by Crippen LogP contribution is -2.37. The van der Waals surface area contributed by atoms with Crippen LogP contribution in [-0.4, -0.2) is 53.2 Å². The molecule has 2 atom stereocenters. The monoisotopic (exact) mass is 609 g/mol. The molecule has 4 heterocycles. The lowest BCUT2D eigenvalue weighted by atomic mass is 9.95. The van der Waals surface area contributed by atoms with E-state index in [1.807, 2.05) is 49.0 Å². The Morgan fingerprint density at radius 1 is 1.19 bits per heavy atom. The van der Waals surface area contributed by atoms with Gasteiger partial charge in [-0.25, -0.2) is 23.1 Å². The highest BCUT2D eigenvalue weighted by molar-refractivity contribution is 7.89. The number of aromatic nitrogens is 4. The Morgan fingerprint density at radius 3 is 2.69 bits per heavy atom. The van der Waals surface area contributed by atoms with Crippen LogP contribution in [0.25, 0.3) is 10.9 Å². The fourth-order valence-corrected chi connectivity index (χ4v) is 6.06. The molecule has 42 heavy (non-hydrogen) atoms. The second-order valence-corrected chi connectivity index (χ2v) is 12.8. The van der Waals surface area contributed by atoms with Gasteiger partial charge in [-0.3, -0.25) is 19.1 Å². The molecular formula is C29H32ClN7O4S. The molecule has 1 aromatic carbocycles. The Bertz CT molecular complexity index is 1830. The quantitative estimate of drug-likeness (QED) is 0.298. The zero-order valence-corrected chi connectivity index (χ0v) is 25.3. The van der Waals surface area contributed by atoms with Crippen LogP contribution in [0.5, 0.6) is 0 Å². The second-order valence-electron chi connectivity index (χ2n) is 10.7. The molecule has 3 aromatic heterocycles. The van der Waals surface area contributed by atoms with Crippen molar-refractivity contribution in [3.63, 3.8) is 0 Å². The molecule has 0 saturated carbocycles. The number of sulfonamides is 1. The Labute approximate surface area is 249 Å². The molecule has 1 aliphatic rings. The average molecular weight is 610 g/mol. The van der Waals surface area contributed by atoms with E-state index in [9.17, 15) is 18.0 Å². The Balaban J connectivity index is 1.54. The van der Waals surface area contributed by atoms with Crippen LogP contribution in [-0.2, 0) is 17.1 Å². The fraction of sp³-hybridized carbons (Fsp3) is 0.345. The van der Waals surface area contributed by atoms with E-state index < -0.39 is 22.0 Å². The van der Waals surface area contributed by atoms with Crippen LogP contribution in [0.1, 0.15) is 59.2 Å². The molecule has 13 heteroatoms. The van der Waals surface area contributed by atoms with Gasteiger partial charge in [0, 0.05) is 37.8 Å². The number of nitrogens with one attached hydrogen (secondary N) is 2. The van der Waals surface area contributed by atoms with Crippen molar-refractivity contribution in [2.75, 3.05) is 29.6 Å². The topological polar surface area (TPSA) is 139 Å². The molecule has 0 unspecified atom stereocenters. The number of benzene rings is 1. The van der Waals surface area contributed by atoms with E-state index in [0.717, 1.165) is 42.5 Å². The number of fused-ring (bicyclic) bond motifs is 1. The van der Waals surface area contributed by atoms with Crippen molar-refractivity contribution < 1.29 is 13.2 Å². The van der Waals surface area contributed by atoms with Gasteiger partial charge in [0.1, 0.15) is 11.0 Å². The molecule has 2 N–H and O–H groups in total. The number of nitrogens with zero attached hydrogens (tertiary/aromatic N) is 5. The molecule has 1 fully saturated rings. The van der Waals surface area contributed by atoms with Crippen LogP contribution < -0.4 is 20.5 Å². The van der Waals surface area contributed by atoms with Gasteiger partial charge in [0.2, 0.25) is 10.0 Å². The van der Waals surface area contributed by atoms with Crippen molar-refractivity contribution in [3.8, 4) is 0 Å². The van der Waals surface area contributed by atoms with Crippen LogP contribution in [0.2, 0.25) is 5.15 Å². The molecule has 4 aromatic rings. The van der Waals surface area contributed by atoms with Crippen molar-refractivity contribution in [2.45, 2.75) is 38.6 Å². The van der Waals surface area contributed by atoms with Gasteiger partial charge >= 0.3 is 0 Å². The summed E-state index contributed by atoms with van der Waals surface area (Å²) in [5.74, 6) is -0.168. The number of carbonyl (C=O) groups excluding carboxylic acids is 1. The summed E-state index contributed by atoms with van der Waals surface area (Å²) < 4.78 is 27.0. The molecule has 1 aliphatic heterocycles. The first kappa shape index (κ1) is 29.5. The van der Waals surface area contributed by atoms with Crippen molar-refractivity contribution in [2.24, 2.45) is 7.05 Å². The number of rotatable bonds is 7. The number of anilines is 2. The molecule has 1 amide bonds. The second kappa shape index (κ2) is 11.7. The first-order chi connectivity index (χ1) is 19.9. The number of hydrogen-bond acceptors (Lipinski definition) is 9. The summed E-state index contributed by atoms with van der Waals surface area (Å²) >= 11 is 6.04. The van der Waals surface area contributed by atoms with E-state index in [1.165, 1.54) is 6.07 Å². The maximum atomic E-state index is 13.7. The summed E-state index contributed by atoms with van der Waals surface area (Å²) in [6, 6.07) is 10.4. The number of aryl methyl sites for hydroxylation is 1. The van der Waals surface area contributed by atoms with Gasteiger partial charge in [0.05, 0.1) is 40.8 Å². The van der Waals surface area contributed by atoms with Crippen LogP contribution in [0.3, 0.4) is 0 Å². The zero-order chi connectivity index (χ0) is 30.2. The van der Waals surface area contributed by atoms with Crippen molar-refractivity contribution >= 4 is 49.8 Å². The number of pyridine rings is 2. The molecule has 0 bridgehead atoms. The highest BCUT2D eigenvalue weighted by Gasteiger charge is 2.27. The predicted octanol–water partition coefficient (Wildman–Crippen LogP) is 3.93. The van der Waals surface area contributed by atoms with Crippen molar-refractivity contribution in [1.29, 1.82) is 0 Å². The first-order valence-corrected chi connectivity index (χ1v) is 15.8. The minimum atomic E-state index is -3.83. The van der Waals surface area contributed by atoms with Gasteiger partial charge < -0.3 is 10.2 Å². The van der Waals surface area contributed by atoms with Gasteiger partial charge in [0.25, 0.3) is 11.5 Å². The minimum absolute atomic E-state index is 0.0326. The Kier molecular flexibility index (Phi) is 8.20. The lowest BCUT2D eigenvalue weighted by molar-refractivity contribution is 0.0977. The van der Waals surface area contributed by atoms with E-state index in [1.54, 1.807) is 23.9 Å². The van der Waals surface area contributed by atoms with Gasteiger partial charge in [-0.15, -0.1) is 0 Å². The van der Waals surface area contributed by atoms with Gasteiger partial charge in [-0.1, -0.05) is 17.7 Å². The number of hydrogen-bond donors (Lipinski definition) is 2. The van der Waals surface area contributed by atoms with Crippen LogP contribution in [0.4, 0.5) is 11.4 Å². The summed E-state index contributed by atoms with van der Waals surface area (Å²) in [6.07, 6.45) is 6.33. The summed E-state index contributed by atoms with van der Waals surface area (Å²) in [5, 5.41) is 3.79. The van der Waals surface area contributed by atoms with E-state index in [-0.39, 0.29) is 28.0 Å². The van der Waals surface area contributed by atoms with Crippen LogP contribution in [0.15, 0.2) is 53.6 Å². The molecule has 5 rings (SSSR count). The van der Waals surface area contributed by atoms with Gasteiger partial charge in [-0.05, 0) is 62.6 Å². The Morgan fingerprint density at radius 2 is 1.98 bits per heavy atom. The third-order valence-electron chi connectivity index (χ3n) is 7.38. The van der Waals surface area contributed by atoms with Crippen molar-refractivity contribution in [3.05, 3.63) is 86.9 Å². The highest BCUT2D eigenvalue weighted by atomic mass is 35.5. The average Bonchev–Trinajstić information content (AvgIpc) is 2.95. The Hall–Kier alpha value is -4.03. The van der Waals surface area contributed by atoms with E-state index >= 15 is 0 Å². The third-order valence-corrected chi connectivity index (χ3v) is 8.15.